The van der Waals surface area contributed by atoms with E-state index in [9.17, 15) is 19.2 Å². The fraction of sp³-hybridized carbons (Fsp3) is 0.294. The maximum atomic E-state index is 10.6. The summed E-state index contributed by atoms with van der Waals surface area (Å²) in [5.41, 5.74) is 4.70. The van der Waals surface area contributed by atoms with Gasteiger partial charge in [0.2, 0.25) is 0 Å². The van der Waals surface area contributed by atoms with Crippen molar-refractivity contribution in [2.45, 2.75) is 30.9 Å². The Labute approximate surface area is 158 Å². The molecule has 0 bridgehead atoms. The number of benzene rings is 1. The number of nitrogens with two attached hydrogens (primary N) is 1. The van der Waals surface area contributed by atoms with Crippen LogP contribution in [0.1, 0.15) is 18.4 Å². The Morgan fingerprint density at radius 2 is 1.54 bits per heavy atom. The van der Waals surface area contributed by atoms with Gasteiger partial charge in [-0.05, 0) is 11.6 Å². The molecule has 0 fully saturated rings. The minimum Gasteiger partial charge on any atom is -0.481 e. The third-order valence-corrected chi connectivity index (χ3v) is 3.72. The molecule has 11 nitrogen and oxygen atoms in total. The maximum absolute atomic E-state index is 10.6. The number of carboxylic acid groups (broad SMARTS) is 4. The number of carboxylic acids is 4. The van der Waals surface area contributed by atoms with Crippen molar-refractivity contribution in [3.05, 3.63) is 36.0 Å². The van der Waals surface area contributed by atoms with Crippen LogP contribution in [0.4, 0.5) is 0 Å². The van der Waals surface area contributed by atoms with Crippen molar-refractivity contribution < 1.29 is 44.7 Å². The Morgan fingerprint density at radius 3 is 2.00 bits per heavy atom. The summed E-state index contributed by atoms with van der Waals surface area (Å²) in [6, 6.07) is 6.91. The molecule has 8 N–H and O–H groups in total. The second kappa shape index (κ2) is 9.48. The van der Waals surface area contributed by atoms with Crippen molar-refractivity contribution in [1.29, 1.82) is 0 Å². The fourth-order valence-electron chi connectivity index (χ4n) is 2.34. The Kier molecular flexibility index (Phi) is 7.65. The van der Waals surface area contributed by atoms with E-state index in [1.54, 1.807) is 0 Å². The van der Waals surface area contributed by atoms with Crippen LogP contribution in [0, 0.1) is 0 Å². The summed E-state index contributed by atoms with van der Waals surface area (Å²) in [5, 5.41) is 43.6. The van der Waals surface area contributed by atoms with E-state index < -0.39 is 48.4 Å². The number of para-hydroxylation sites is 1. The molecule has 0 spiro atoms. The first kappa shape index (κ1) is 22.6. The fourth-order valence-corrected chi connectivity index (χ4v) is 2.34. The van der Waals surface area contributed by atoms with Crippen LogP contribution < -0.4 is 5.73 Å². The van der Waals surface area contributed by atoms with Crippen LogP contribution in [-0.4, -0.2) is 66.0 Å². The molecule has 0 unspecified atom stereocenters. The van der Waals surface area contributed by atoms with E-state index in [1.807, 2.05) is 30.5 Å². The van der Waals surface area contributed by atoms with Crippen LogP contribution in [0.5, 0.6) is 0 Å². The van der Waals surface area contributed by atoms with Crippen LogP contribution in [0.25, 0.3) is 10.9 Å². The van der Waals surface area contributed by atoms with E-state index in [-0.39, 0.29) is 0 Å². The normalized spacial score (nSPS) is 11.9. The monoisotopic (exact) mass is 396 g/mol. The maximum Gasteiger partial charge on any atom is 0.336 e. The van der Waals surface area contributed by atoms with Crippen molar-refractivity contribution in [3.63, 3.8) is 0 Å². The molecule has 0 saturated carbocycles. The quantitative estimate of drug-likeness (QED) is 0.314. The smallest absolute Gasteiger partial charge is 0.336 e. The predicted octanol–water partition coefficient (Wildman–Crippen LogP) is -0.126. The summed E-state index contributed by atoms with van der Waals surface area (Å²) in [4.78, 5) is 44.2. The lowest BCUT2D eigenvalue weighted by Crippen LogP contribution is -2.42. The highest BCUT2D eigenvalue weighted by Gasteiger charge is 2.40. The predicted molar refractivity (Wildman–Crippen MR) is 94.7 cm³/mol. The zero-order valence-electron chi connectivity index (χ0n) is 14.5. The van der Waals surface area contributed by atoms with Gasteiger partial charge in [0.15, 0.2) is 5.60 Å². The van der Waals surface area contributed by atoms with Crippen molar-refractivity contribution in [3.8, 4) is 0 Å². The molecule has 0 aliphatic heterocycles. The molecule has 152 valence electrons. The minimum atomic E-state index is -2.74. The summed E-state index contributed by atoms with van der Waals surface area (Å²) in [6.07, 6.45) is -0.129. The van der Waals surface area contributed by atoms with Gasteiger partial charge < -0.3 is 36.3 Å². The largest absolute Gasteiger partial charge is 0.481 e. The van der Waals surface area contributed by atoms with E-state index in [0.29, 0.717) is 6.42 Å². The molecule has 1 aromatic carbocycles. The van der Waals surface area contributed by atoms with Gasteiger partial charge in [-0.1, -0.05) is 18.2 Å². The molecule has 0 radical (unpaired) electrons. The van der Waals surface area contributed by atoms with Gasteiger partial charge in [-0.15, -0.1) is 0 Å². The number of aromatic amines is 1. The number of rotatable bonds is 8. The molecule has 0 aliphatic carbocycles. The van der Waals surface area contributed by atoms with Gasteiger partial charge in [-0.3, -0.25) is 14.4 Å². The molecule has 0 aliphatic rings. The minimum absolute atomic E-state index is 0.347. The Bertz CT molecular complexity index is 858. The third kappa shape index (κ3) is 6.37. The summed E-state index contributed by atoms with van der Waals surface area (Å²) < 4.78 is 0. The average molecular weight is 396 g/mol. The van der Waals surface area contributed by atoms with Gasteiger partial charge in [-0.2, -0.15) is 0 Å². The first-order valence-corrected chi connectivity index (χ1v) is 7.89. The number of fused-ring (bicyclic) bond motifs is 1. The topological polar surface area (TPSA) is 211 Å². The highest BCUT2D eigenvalue weighted by Crippen LogP contribution is 2.18. The van der Waals surface area contributed by atoms with Gasteiger partial charge >= 0.3 is 23.9 Å². The second-order valence-corrected chi connectivity index (χ2v) is 5.99. The van der Waals surface area contributed by atoms with Gasteiger partial charge in [0.05, 0.1) is 12.8 Å². The SMILES string of the molecule is N[C@@H](Cc1c[nH]c2ccccc12)C(=O)O.O=C(O)CC(O)(CC(=O)O)C(=O)O. The van der Waals surface area contributed by atoms with Crippen LogP contribution in [0.15, 0.2) is 30.5 Å². The van der Waals surface area contributed by atoms with Crippen LogP contribution in [0.3, 0.4) is 0 Å². The second-order valence-electron chi connectivity index (χ2n) is 5.99. The van der Waals surface area contributed by atoms with Gasteiger partial charge in [0.25, 0.3) is 0 Å². The Hall–Kier alpha value is -3.44. The van der Waals surface area contributed by atoms with Crippen LogP contribution in [0.2, 0.25) is 0 Å². The number of aliphatic hydroxyl groups is 1. The van der Waals surface area contributed by atoms with E-state index in [0.717, 1.165) is 16.5 Å². The number of aromatic nitrogens is 1. The molecule has 1 heterocycles. The Morgan fingerprint density at radius 1 is 1.00 bits per heavy atom. The first-order valence-electron chi connectivity index (χ1n) is 7.89. The number of carbonyl (C=O) groups is 4. The summed E-state index contributed by atoms with van der Waals surface area (Å²) in [7, 11) is 0. The molecular formula is C17H20N2O9. The first-order chi connectivity index (χ1) is 13.0. The van der Waals surface area contributed by atoms with Gasteiger partial charge in [-0.25, -0.2) is 4.79 Å². The number of nitrogens with one attached hydrogen (secondary N) is 1. The molecular weight excluding hydrogens is 376 g/mol. The molecule has 2 aromatic rings. The van der Waals surface area contributed by atoms with Crippen molar-refractivity contribution in [2.24, 2.45) is 5.73 Å². The van der Waals surface area contributed by atoms with Gasteiger partial charge in [0.1, 0.15) is 6.04 Å². The van der Waals surface area contributed by atoms with Crippen LogP contribution in [-0.2, 0) is 25.6 Å². The number of aliphatic carboxylic acids is 4. The van der Waals surface area contributed by atoms with Crippen molar-refractivity contribution in [1.82, 2.24) is 4.98 Å². The number of hydrogen-bond acceptors (Lipinski definition) is 6. The van der Waals surface area contributed by atoms with Gasteiger partial charge in [0, 0.05) is 23.5 Å². The zero-order valence-corrected chi connectivity index (χ0v) is 14.5. The molecule has 0 amide bonds. The summed E-state index contributed by atoms with van der Waals surface area (Å²) >= 11 is 0. The highest BCUT2D eigenvalue weighted by molar-refractivity contribution is 5.88. The summed E-state index contributed by atoms with van der Waals surface area (Å²) in [6.45, 7) is 0. The van der Waals surface area contributed by atoms with E-state index >= 15 is 0 Å². The van der Waals surface area contributed by atoms with E-state index in [2.05, 4.69) is 4.98 Å². The van der Waals surface area contributed by atoms with Crippen molar-refractivity contribution in [2.75, 3.05) is 0 Å². The summed E-state index contributed by atoms with van der Waals surface area (Å²) in [5.74, 6) is -5.99. The molecule has 28 heavy (non-hydrogen) atoms. The highest BCUT2D eigenvalue weighted by atomic mass is 16.4. The zero-order chi connectivity index (χ0) is 21.5. The number of H-pyrrole nitrogens is 1. The number of hydrogen-bond donors (Lipinski definition) is 7. The standard InChI is InChI=1S/C11H12N2O2.C6H8O7/c12-9(11(14)15)5-7-6-13-10-4-2-1-3-8(7)10;7-3(8)1-6(13,5(11)12)2-4(9)10/h1-4,6,9,13H,5,12H2,(H,14,15);13H,1-2H2,(H,7,8)(H,9,10)(H,11,12)/t9-;/m0./s1. The van der Waals surface area contributed by atoms with Crippen LogP contribution >= 0.6 is 0 Å². The molecule has 1 aromatic heterocycles. The molecule has 11 heteroatoms. The molecule has 1 atom stereocenters. The third-order valence-electron chi connectivity index (χ3n) is 3.72. The molecule has 0 saturated heterocycles. The average Bonchev–Trinajstić information content (AvgIpc) is 2.97. The van der Waals surface area contributed by atoms with E-state index in [4.69, 9.17) is 31.3 Å². The van der Waals surface area contributed by atoms with Crippen molar-refractivity contribution >= 4 is 34.8 Å². The lowest BCUT2D eigenvalue weighted by atomic mass is 9.96. The van der Waals surface area contributed by atoms with E-state index in [1.165, 1.54) is 0 Å². The molecule has 2 rings (SSSR count). The lowest BCUT2D eigenvalue weighted by Gasteiger charge is -2.18. The lowest BCUT2D eigenvalue weighted by molar-refractivity contribution is -0.170. The Balaban J connectivity index is 0.000000284.